The van der Waals surface area contributed by atoms with Gasteiger partial charge >= 0.3 is 0 Å². The smallest absolute Gasteiger partial charge is 0.0662 e. The van der Waals surface area contributed by atoms with Gasteiger partial charge in [-0.1, -0.05) is 30.7 Å². The molecule has 19 heavy (non-hydrogen) atoms. The summed E-state index contributed by atoms with van der Waals surface area (Å²) in [6, 6.07) is 6.93. The molecular formula is C16H23N3. The van der Waals surface area contributed by atoms with Crippen LogP contribution in [0.1, 0.15) is 42.1 Å². The van der Waals surface area contributed by atoms with Crippen molar-refractivity contribution in [2.45, 2.75) is 40.3 Å². The van der Waals surface area contributed by atoms with E-state index in [1.54, 1.807) is 0 Å². The summed E-state index contributed by atoms with van der Waals surface area (Å²) in [6.07, 6.45) is 4.09. The molecule has 0 bridgehead atoms. The highest BCUT2D eigenvalue weighted by Crippen LogP contribution is 2.14. The van der Waals surface area contributed by atoms with Gasteiger partial charge in [-0.25, -0.2) is 0 Å². The number of rotatable bonds is 5. The average Bonchev–Trinajstić information content (AvgIpc) is 2.83. The summed E-state index contributed by atoms with van der Waals surface area (Å²) in [4.78, 5) is 0. The van der Waals surface area contributed by atoms with Crippen LogP contribution in [0.5, 0.6) is 0 Å². The second-order valence-corrected chi connectivity index (χ2v) is 5.18. The van der Waals surface area contributed by atoms with Gasteiger partial charge in [0.05, 0.1) is 12.7 Å². The summed E-state index contributed by atoms with van der Waals surface area (Å²) in [5.74, 6) is 0. The van der Waals surface area contributed by atoms with Crippen LogP contribution < -0.4 is 5.32 Å². The van der Waals surface area contributed by atoms with Crippen LogP contribution in [0, 0.1) is 13.8 Å². The second-order valence-electron chi connectivity index (χ2n) is 5.18. The van der Waals surface area contributed by atoms with Crippen LogP contribution in [-0.2, 0) is 6.54 Å². The zero-order chi connectivity index (χ0) is 13.8. The van der Waals surface area contributed by atoms with Gasteiger partial charge in [-0.2, -0.15) is 5.10 Å². The summed E-state index contributed by atoms with van der Waals surface area (Å²) >= 11 is 0. The molecule has 1 atom stereocenters. The molecule has 1 unspecified atom stereocenters. The van der Waals surface area contributed by atoms with E-state index < -0.39 is 0 Å². The van der Waals surface area contributed by atoms with Gasteiger partial charge in [-0.15, -0.1) is 0 Å². The quantitative estimate of drug-likeness (QED) is 0.891. The third-order valence-corrected chi connectivity index (χ3v) is 3.50. The Morgan fingerprint density at radius 3 is 2.84 bits per heavy atom. The third kappa shape index (κ3) is 3.44. The lowest BCUT2D eigenvalue weighted by Crippen LogP contribution is -2.17. The van der Waals surface area contributed by atoms with Crippen molar-refractivity contribution in [3.05, 3.63) is 52.8 Å². The summed E-state index contributed by atoms with van der Waals surface area (Å²) in [5.41, 5.74) is 5.20. The van der Waals surface area contributed by atoms with Crippen molar-refractivity contribution < 1.29 is 0 Å². The van der Waals surface area contributed by atoms with E-state index in [2.05, 4.69) is 62.5 Å². The van der Waals surface area contributed by atoms with E-state index in [0.29, 0.717) is 6.04 Å². The molecule has 0 saturated carbocycles. The fraction of sp³-hybridized carbons (Fsp3) is 0.438. The standard InChI is InChI=1S/C16H23N3/c1-5-17-14(4)16-9-18-19(11-16)10-15-8-12(2)6-7-13(15)3/h6-9,11,14,17H,5,10H2,1-4H3. The molecule has 0 aliphatic rings. The lowest BCUT2D eigenvalue weighted by atomic mass is 10.1. The van der Waals surface area contributed by atoms with Gasteiger partial charge in [0.15, 0.2) is 0 Å². The summed E-state index contributed by atoms with van der Waals surface area (Å²) in [6.45, 7) is 10.4. The van der Waals surface area contributed by atoms with Crippen LogP contribution in [0.15, 0.2) is 30.6 Å². The third-order valence-electron chi connectivity index (χ3n) is 3.50. The molecule has 3 heteroatoms. The first-order chi connectivity index (χ1) is 9.10. The van der Waals surface area contributed by atoms with Gasteiger partial charge in [0.1, 0.15) is 0 Å². The summed E-state index contributed by atoms with van der Waals surface area (Å²) in [5, 5.41) is 7.87. The Labute approximate surface area is 115 Å². The van der Waals surface area contributed by atoms with E-state index in [0.717, 1.165) is 13.1 Å². The van der Waals surface area contributed by atoms with Gasteiger partial charge in [0.25, 0.3) is 0 Å². The number of hydrogen-bond donors (Lipinski definition) is 1. The van der Waals surface area contributed by atoms with Crippen LogP contribution in [0.2, 0.25) is 0 Å². The summed E-state index contributed by atoms with van der Waals surface area (Å²) < 4.78 is 2.02. The van der Waals surface area contributed by atoms with Crippen molar-refractivity contribution in [2.24, 2.45) is 0 Å². The van der Waals surface area contributed by atoms with Gasteiger partial charge < -0.3 is 5.32 Å². The average molecular weight is 257 g/mol. The minimum absolute atomic E-state index is 0.359. The van der Waals surface area contributed by atoms with E-state index in [9.17, 15) is 0 Å². The molecule has 1 heterocycles. The lowest BCUT2D eigenvalue weighted by Gasteiger charge is -2.09. The molecule has 0 amide bonds. The van der Waals surface area contributed by atoms with Crippen molar-refractivity contribution >= 4 is 0 Å². The Balaban J connectivity index is 2.13. The Morgan fingerprint density at radius 2 is 2.11 bits per heavy atom. The fourth-order valence-electron chi connectivity index (χ4n) is 2.26. The minimum atomic E-state index is 0.359. The molecule has 0 fully saturated rings. The monoisotopic (exact) mass is 257 g/mol. The van der Waals surface area contributed by atoms with Gasteiger partial charge in [0.2, 0.25) is 0 Å². The topological polar surface area (TPSA) is 29.9 Å². The number of nitrogens with one attached hydrogen (secondary N) is 1. The second kappa shape index (κ2) is 6.02. The minimum Gasteiger partial charge on any atom is -0.310 e. The maximum atomic E-state index is 4.46. The van der Waals surface area contributed by atoms with E-state index in [4.69, 9.17) is 0 Å². The van der Waals surface area contributed by atoms with Crippen LogP contribution in [0.3, 0.4) is 0 Å². The first kappa shape index (κ1) is 13.8. The predicted octanol–water partition coefficient (Wildman–Crippen LogP) is 3.22. The largest absolute Gasteiger partial charge is 0.310 e. The van der Waals surface area contributed by atoms with Crippen molar-refractivity contribution in [1.82, 2.24) is 15.1 Å². The lowest BCUT2D eigenvalue weighted by molar-refractivity contribution is 0.596. The fourth-order valence-corrected chi connectivity index (χ4v) is 2.26. The number of hydrogen-bond acceptors (Lipinski definition) is 2. The predicted molar refractivity (Wildman–Crippen MR) is 79.3 cm³/mol. The van der Waals surface area contributed by atoms with Gasteiger partial charge in [-0.3, -0.25) is 4.68 Å². The molecule has 1 aromatic carbocycles. The normalized spacial score (nSPS) is 12.6. The molecule has 0 aliphatic heterocycles. The molecule has 0 saturated heterocycles. The van der Waals surface area contributed by atoms with Gasteiger partial charge in [-0.05, 0) is 38.4 Å². The molecule has 0 spiro atoms. The van der Waals surface area contributed by atoms with Crippen molar-refractivity contribution in [3.8, 4) is 0 Å². The molecule has 102 valence electrons. The Hall–Kier alpha value is -1.61. The number of aryl methyl sites for hydroxylation is 2. The maximum absolute atomic E-state index is 4.46. The molecule has 1 N–H and O–H groups in total. The Morgan fingerprint density at radius 1 is 1.32 bits per heavy atom. The molecule has 2 rings (SSSR count). The molecule has 1 aromatic heterocycles. The molecule has 0 aliphatic carbocycles. The van der Waals surface area contributed by atoms with E-state index in [1.807, 2.05) is 10.9 Å². The highest BCUT2D eigenvalue weighted by molar-refractivity contribution is 5.30. The van der Waals surface area contributed by atoms with Crippen LogP contribution in [0.25, 0.3) is 0 Å². The van der Waals surface area contributed by atoms with E-state index in [1.165, 1.54) is 22.3 Å². The number of aromatic nitrogens is 2. The SMILES string of the molecule is CCNC(C)c1cnn(Cc2cc(C)ccc2C)c1. The molecule has 2 aromatic rings. The van der Waals surface area contributed by atoms with Crippen LogP contribution >= 0.6 is 0 Å². The van der Waals surface area contributed by atoms with Gasteiger partial charge in [0, 0.05) is 17.8 Å². The zero-order valence-corrected chi connectivity index (χ0v) is 12.3. The van der Waals surface area contributed by atoms with Crippen molar-refractivity contribution in [2.75, 3.05) is 6.54 Å². The van der Waals surface area contributed by atoms with Crippen molar-refractivity contribution in [1.29, 1.82) is 0 Å². The highest BCUT2D eigenvalue weighted by Gasteiger charge is 2.07. The Kier molecular flexibility index (Phi) is 4.38. The van der Waals surface area contributed by atoms with E-state index >= 15 is 0 Å². The summed E-state index contributed by atoms with van der Waals surface area (Å²) in [7, 11) is 0. The maximum Gasteiger partial charge on any atom is 0.0662 e. The van der Waals surface area contributed by atoms with Crippen molar-refractivity contribution in [3.63, 3.8) is 0 Å². The first-order valence-corrected chi connectivity index (χ1v) is 6.92. The molecule has 3 nitrogen and oxygen atoms in total. The molecule has 0 radical (unpaired) electrons. The zero-order valence-electron chi connectivity index (χ0n) is 12.3. The van der Waals surface area contributed by atoms with Crippen LogP contribution in [0.4, 0.5) is 0 Å². The van der Waals surface area contributed by atoms with E-state index in [-0.39, 0.29) is 0 Å². The highest BCUT2D eigenvalue weighted by atomic mass is 15.3. The van der Waals surface area contributed by atoms with Crippen LogP contribution in [-0.4, -0.2) is 16.3 Å². The molecular weight excluding hydrogens is 234 g/mol. The first-order valence-electron chi connectivity index (χ1n) is 6.92. The number of benzene rings is 1. The number of nitrogens with zero attached hydrogens (tertiary/aromatic N) is 2. The Bertz CT molecular complexity index is 543.